The number of aliphatic hydroxyl groups is 1. The predicted octanol–water partition coefficient (Wildman–Crippen LogP) is 1.31. The third-order valence-corrected chi connectivity index (χ3v) is 2.80. The van der Waals surface area contributed by atoms with Gasteiger partial charge in [-0.25, -0.2) is 4.98 Å². The van der Waals surface area contributed by atoms with E-state index in [1.54, 1.807) is 18.3 Å². The highest BCUT2D eigenvalue weighted by molar-refractivity contribution is 7.09. The van der Waals surface area contributed by atoms with E-state index in [-0.39, 0.29) is 6.10 Å². The van der Waals surface area contributed by atoms with Gasteiger partial charge in [0.25, 0.3) is 0 Å². The van der Waals surface area contributed by atoms with Gasteiger partial charge in [0.05, 0.1) is 17.3 Å². The summed E-state index contributed by atoms with van der Waals surface area (Å²) in [6, 6.07) is 0. The summed E-state index contributed by atoms with van der Waals surface area (Å²) in [4.78, 5) is 5.44. The van der Waals surface area contributed by atoms with Gasteiger partial charge >= 0.3 is 0 Å². The Labute approximate surface area is 82.8 Å². The van der Waals surface area contributed by atoms with Crippen molar-refractivity contribution in [3.8, 4) is 0 Å². The zero-order valence-electron chi connectivity index (χ0n) is 8.08. The first-order valence-electron chi connectivity index (χ1n) is 4.48. The summed E-state index contributed by atoms with van der Waals surface area (Å²) in [6.45, 7) is 5.54. The maximum absolute atomic E-state index is 9.01. The standard InChI is InChI=1S/C9H16N2OS/c1-7(12)3-4-10-5-9-8(2)11-6-13-9/h6-7,10,12H,3-5H2,1-2H3. The Hall–Kier alpha value is -0.450. The van der Waals surface area contributed by atoms with Gasteiger partial charge in [-0.2, -0.15) is 0 Å². The van der Waals surface area contributed by atoms with Crippen LogP contribution in [0.4, 0.5) is 0 Å². The Morgan fingerprint density at radius 2 is 2.46 bits per heavy atom. The second-order valence-corrected chi connectivity index (χ2v) is 4.11. The highest BCUT2D eigenvalue weighted by Crippen LogP contribution is 2.10. The molecule has 1 aromatic heterocycles. The van der Waals surface area contributed by atoms with Crippen molar-refractivity contribution in [3.63, 3.8) is 0 Å². The fourth-order valence-electron chi connectivity index (χ4n) is 1.01. The topological polar surface area (TPSA) is 45.2 Å². The minimum atomic E-state index is -0.213. The first-order valence-corrected chi connectivity index (χ1v) is 5.36. The normalized spacial score (nSPS) is 13.2. The molecule has 0 aliphatic heterocycles. The van der Waals surface area contributed by atoms with Crippen molar-refractivity contribution in [3.05, 3.63) is 16.1 Å². The SMILES string of the molecule is Cc1ncsc1CNCCC(C)O. The van der Waals surface area contributed by atoms with Crippen LogP contribution in [-0.4, -0.2) is 22.7 Å². The fraction of sp³-hybridized carbons (Fsp3) is 0.667. The lowest BCUT2D eigenvalue weighted by Crippen LogP contribution is -2.18. The van der Waals surface area contributed by atoms with Crippen LogP contribution >= 0.6 is 11.3 Å². The Morgan fingerprint density at radius 3 is 3.00 bits per heavy atom. The highest BCUT2D eigenvalue weighted by Gasteiger charge is 2.00. The lowest BCUT2D eigenvalue weighted by molar-refractivity contribution is 0.183. The van der Waals surface area contributed by atoms with Gasteiger partial charge in [0.15, 0.2) is 0 Å². The van der Waals surface area contributed by atoms with Crippen LogP contribution < -0.4 is 5.32 Å². The summed E-state index contributed by atoms with van der Waals surface area (Å²) in [6.07, 6.45) is 0.591. The van der Waals surface area contributed by atoms with Crippen molar-refractivity contribution in [1.29, 1.82) is 0 Å². The summed E-state index contributed by atoms with van der Waals surface area (Å²) in [5.74, 6) is 0. The van der Waals surface area contributed by atoms with Crippen LogP contribution in [0, 0.1) is 6.92 Å². The van der Waals surface area contributed by atoms with Crippen LogP contribution in [0.5, 0.6) is 0 Å². The number of hydrogen-bond acceptors (Lipinski definition) is 4. The van der Waals surface area contributed by atoms with E-state index in [0.29, 0.717) is 0 Å². The summed E-state index contributed by atoms with van der Waals surface area (Å²) in [5.41, 5.74) is 2.97. The van der Waals surface area contributed by atoms with E-state index in [9.17, 15) is 0 Å². The molecule has 1 heterocycles. The number of hydrogen-bond donors (Lipinski definition) is 2. The Bertz CT molecular complexity index is 248. The van der Waals surface area contributed by atoms with Crippen LogP contribution in [-0.2, 0) is 6.54 Å². The molecule has 2 N–H and O–H groups in total. The van der Waals surface area contributed by atoms with Crippen molar-refractivity contribution in [2.24, 2.45) is 0 Å². The molecular formula is C9H16N2OS. The maximum Gasteiger partial charge on any atom is 0.0798 e. The fourth-order valence-corrected chi connectivity index (χ4v) is 1.76. The van der Waals surface area contributed by atoms with E-state index in [2.05, 4.69) is 10.3 Å². The molecule has 0 fully saturated rings. The van der Waals surface area contributed by atoms with Crippen LogP contribution in [0.3, 0.4) is 0 Å². The molecular weight excluding hydrogens is 184 g/mol. The number of nitrogens with one attached hydrogen (secondary N) is 1. The van der Waals surface area contributed by atoms with Crippen molar-refractivity contribution in [1.82, 2.24) is 10.3 Å². The van der Waals surface area contributed by atoms with E-state index >= 15 is 0 Å². The van der Waals surface area contributed by atoms with Gasteiger partial charge in [-0.05, 0) is 26.8 Å². The second-order valence-electron chi connectivity index (χ2n) is 3.18. The zero-order valence-corrected chi connectivity index (χ0v) is 8.90. The van der Waals surface area contributed by atoms with Gasteiger partial charge in [-0.1, -0.05) is 0 Å². The Morgan fingerprint density at radius 1 is 1.69 bits per heavy atom. The zero-order chi connectivity index (χ0) is 9.68. The van der Waals surface area contributed by atoms with E-state index in [1.807, 2.05) is 12.4 Å². The third-order valence-electron chi connectivity index (χ3n) is 1.87. The van der Waals surface area contributed by atoms with E-state index < -0.39 is 0 Å². The first-order chi connectivity index (χ1) is 6.20. The van der Waals surface area contributed by atoms with Gasteiger partial charge in [-0.3, -0.25) is 0 Å². The molecule has 1 unspecified atom stereocenters. The molecule has 0 aliphatic carbocycles. The van der Waals surface area contributed by atoms with Crippen molar-refractivity contribution >= 4 is 11.3 Å². The second kappa shape index (κ2) is 5.32. The molecule has 0 aromatic carbocycles. The van der Waals surface area contributed by atoms with Gasteiger partial charge in [0.1, 0.15) is 0 Å². The molecule has 0 saturated heterocycles. The van der Waals surface area contributed by atoms with E-state index in [1.165, 1.54) is 4.88 Å². The molecule has 3 nitrogen and oxygen atoms in total. The largest absolute Gasteiger partial charge is 0.393 e. The third kappa shape index (κ3) is 3.85. The van der Waals surface area contributed by atoms with Gasteiger partial charge < -0.3 is 10.4 Å². The minimum Gasteiger partial charge on any atom is -0.393 e. The first kappa shape index (κ1) is 10.6. The average molecular weight is 200 g/mol. The molecule has 0 radical (unpaired) electrons. The van der Waals surface area contributed by atoms with E-state index in [4.69, 9.17) is 5.11 Å². The molecule has 1 aromatic rings. The lowest BCUT2D eigenvalue weighted by atomic mass is 10.3. The van der Waals surface area contributed by atoms with Crippen molar-refractivity contribution in [2.45, 2.75) is 32.9 Å². The van der Waals surface area contributed by atoms with Crippen LogP contribution in [0.2, 0.25) is 0 Å². The molecule has 0 amide bonds. The molecule has 13 heavy (non-hydrogen) atoms. The lowest BCUT2D eigenvalue weighted by Gasteiger charge is -2.05. The van der Waals surface area contributed by atoms with Crippen LogP contribution in [0.15, 0.2) is 5.51 Å². The highest BCUT2D eigenvalue weighted by atomic mass is 32.1. The number of thiazole rings is 1. The quantitative estimate of drug-likeness (QED) is 0.704. The van der Waals surface area contributed by atoms with E-state index in [0.717, 1.165) is 25.2 Å². The van der Waals surface area contributed by atoms with Gasteiger partial charge in [0.2, 0.25) is 0 Å². The number of aryl methyl sites for hydroxylation is 1. The maximum atomic E-state index is 9.01. The minimum absolute atomic E-state index is 0.213. The molecule has 74 valence electrons. The molecule has 0 aliphatic rings. The number of nitrogens with zero attached hydrogens (tertiary/aromatic N) is 1. The number of aliphatic hydroxyl groups excluding tert-OH is 1. The van der Waals surface area contributed by atoms with Gasteiger partial charge in [-0.15, -0.1) is 11.3 Å². The summed E-state index contributed by atoms with van der Waals surface area (Å²) >= 11 is 1.67. The summed E-state index contributed by atoms with van der Waals surface area (Å²) in [5, 5.41) is 12.3. The Balaban J connectivity index is 2.17. The smallest absolute Gasteiger partial charge is 0.0798 e. The summed E-state index contributed by atoms with van der Waals surface area (Å²) < 4.78 is 0. The monoisotopic (exact) mass is 200 g/mol. The van der Waals surface area contributed by atoms with Crippen molar-refractivity contribution < 1.29 is 5.11 Å². The predicted molar refractivity (Wildman–Crippen MR) is 54.9 cm³/mol. The molecule has 0 bridgehead atoms. The van der Waals surface area contributed by atoms with Crippen molar-refractivity contribution in [2.75, 3.05) is 6.54 Å². The molecule has 0 saturated carbocycles. The molecule has 0 spiro atoms. The summed E-state index contributed by atoms with van der Waals surface area (Å²) in [7, 11) is 0. The number of rotatable bonds is 5. The van der Waals surface area contributed by atoms with Crippen LogP contribution in [0.1, 0.15) is 23.9 Å². The number of aromatic nitrogens is 1. The van der Waals surface area contributed by atoms with Gasteiger partial charge in [0, 0.05) is 11.4 Å². The average Bonchev–Trinajstić information content (AvgIpc) is 2.45. The molecule has 4 heteroatoms. The molecule has 1 atom stereocenters. The molecule has 1 rings (SSSR count). The van der Waals surface area contributed by atoms with Crippen LogP contribution in [0.25, 0.3) is 0 Å². The Kier molecular flexibility index (Phi) is 4.35.